The second-order valence-corrected chi connectivity index (χ2v) is 6.58. The summed E-state index contributed by atoms with van der Waals surface area (Å²) >= 11 is 0. The Hall–Kier alpha value is -2.87. The second-order valence-electron chi connectivity index (χ2n) is 6.58. The molecule has 0 unspecified atom stereocenters. The van der Waals surface area contributed by atoms with E-state index in [1.54, 1.807) is 35.4 Å². The van der Waals surface area contributed by atoms with Crippen LogP contribution in [0.1, 0.15) is 47.9 Å². The molecule has 1 fully saturated rings. The molecule has 0 saturated carbocycles. The topological polar surface area (TPSA) is 94.3 Å². The fourth-order valence-corrected chi connectivity index (χ4v) is 3.09. The van der Waals surface area contributed by atoms with Crippen LogP contribution in [-0.2, 0) is 16.9 Å². The first kappa shape index (κ1) is 16.6. The molecule has 1 aliphatic rings. The van der Waals surface area contributed by atoms with E-state index >= 15 is 0 Å². The van der Waals surface area contributed by atoms with E-state index in [1.807, 2.05) is 6.92 Å². The van der Waals surface area contributed by atoms with Gasteiger partial charge >= 0.3 is 0 Å². The highest BCUT2D eigenvalue weighted by atomic mass is 16.5. The van der Waals surface area contributed by atoms with Gasteiger partial charge in [-0.3, -0.25) is 4.79 Å². The van der Waals surface area contributed by atoms with Gasteiger partial charge in [0.2, 0.25) is 0 Å². The summed E-state index contributed by atoms with van der Waals surface area (Å²) in [6, 6.07) is 1.76. The molecule has 8 nitrogen and oxygen atoms in total. The van der Waals surface area contributed by atoms with Crippen LogP contribution in [0.5, 0.6) is 0 Å². The number of amides is 1. The fourth-order valence-electron chi connectivity index (χ4n) is 3.09. The van der Waals surface area contributed by atoms with E-state index in [2.05, 4.69) is 25.4 Å². The van der Waals surface area contributed by atoms with Crippen molar-refractivity contribution in [3.05, 3.63) is 54.0 Å². The van der Waals surface area contributed by atoms with Crippen LogP contribution >= 0.6 is 0 Å². The fraction of sp³-hybridized carbons (Fsp3) is 0.389. The van der Waals surface area contributed by atoms with E-state index < -0.39 is 5.60 Å². The lowest BCUT2D eigenvalue weighted by atomic mass is 9.95. The molecule has 134 valence electrons. The van der Waals surface area contributed by atoms with Gasteiger partial charge in [0, 0.05) is 43.5 Å². The van der Waals surface area contributed by atoms with Gasteiger partial charge in [0.25, 0.3) is 5.91 Å². The summed E-state index contributed by atoms with van der Waals surface area (Å²) in [6.07, 6.45) is 11.5. The minimum absolute atomic E-state index is 0.231. The van der Waals surface area contributed by atoms with Gasteiger partial charge in [0.05, 0.1) is 6.20 Å². The molecule has 0 spiro atoms. The molecule has 1 saturated heterocycles. The monoisotopic (exact) mass is 352 g/mol. The maximum atomic E-state index is 12.4. The minimum Gasteiger partial charge on any atom is -0.367 e. The van der Waals surface area contributed by atoms with E-state index in [0.29, 0.717) is 23.6 Å². The van der Waals surface area contributed by atoms with Gasteiger partial charge in [-0.2, -0.15) is 5.10 Å². The van der Waals surface area contributed by atoms with Gasteiger partial charge in [-0.25, -0.2) is 19.5 Å². The minimum atomic E-state index is -0.414. The zero-order valence-electron chi connectivity index (χ0n) is 14.6. The summed E-state index contributed by atoms with van der Waals surface area (Å²) in [6.45, 7) is 3.10. The number of carbonyl (C=O) groups excluding carboxylic acids is 1. The van der Waals surface area contributed by atoms with Crippen LogP contribution in [-0.4, -0.2) is 37.1 Å². The van der Waals surface area contributed by atoms with E-state index in [1.165, 1.54) is 6.20 Å². The Morgan fingerprint density at radius 3 is 2.88 bits per heavy atom. The maximum absolute atomic E-state index is 12.4. The van der Waals surface area contributed by atoms with Crippen LogP contribution in [0.3, 0.4) is 0 Å². The van der Waals surface area contributed by atoms with E-state index in [0.717, 1.165) is 31.4 Å². The first-order valence-electron chi connectivity index (χ1n) is 8.68. The van der Waals surface area contributed by atoms with Crippen molar-refractivity contribution in [2.75, 3.05) is 6.61 Å². The molecule has 1 atom stereocenters. The van der Waals surface area contributed by atoms with Crippen molar-refractivity contribution in [2.45, 2.75) is 38.3 Å². The van der Waals surface area contributed by atoms with Crippen molar-refractivity contribution < 1.29 is 9.53 Å². The second kappa shape index (κ2) is 6.80. The Morgan fingerprint density at radius 1 is 1.27 bits per heavy atom. The Labute approximate surface area is 150 Å². The molecular weight excluding hydrogens is 332 g/mol. The van der Waals surface area contributed by atoms with Crippen molar-refractivity contribution in [2.24, 2.45) is 0 Å². The molecule has 0 bridgehead atoms. The normalized spacial score (nSPS) is 20.2. The van der Waals surface area contributed by atoms with E-state index in [4.69, 9.17) is 4.74 Å². The number of fused-ring (bicyclic) bond motifs is 1. The van der Waals surface area contributed by atoms with Gasteiger partial charge in [-0.05, 0) is 32.3 Å². The lowest BCUT2D eigenvalue weighted by molar-refractivity contribution is -0.0760. The van der Waals surface area contributed by atoms with Crippen LogP contribution in [0, 0.1) is 0 Å². The quantitative estimate of drug-likeness (QED) is 0.770. The molecule has 4 rings (SSSR count). The highest BCUT2D eigenvalue weighted by Gasteiger charge is 2.32. The molecule has 0 aromatic carbocycles. The highest BCUT2D eigenvalue weighted by Crippen LogP contribution is 2.32. The van der Waals surface area contributed by atoms with Crippen molar-refractivity contribution in [3.8, 4) is 0 Å². The third-order valence-electron chi connectivity index (χ3n) is 4.62. The first-order chi connectivity index (χ1) is 12.7. The molecule has 1 N–H and O–H groups in total. The number of nitrogens with zero attached hydrogens (tertiary/aromatic N) is 5. The van der Waals surface area contributed by atoms with Crippen molar-refractivity contribution in [1.29, 1.82) is 0 Å². The number of nitrogens with one attached hydrogen (secondary N) is 1. The SMILES string of the molecule is C[C@]1(c2ncc(CNC(=O)c3cnn4cccnc34)cn2)CCCCO1. The smallest absolute Gasteiger partial charge is 0.257 e. The molecule has 3 aromatic rings. The lowest BCUT2D eigenvalue weighted by Crippen LogP contribution is -2.32. The molecule has 8 heteroatoms. The van der Waals surface area contributed by atoms with Crippen LogP contribution in [0.4, 0.5) is 0 Å². The highest BCUT2D eigenvalue weighted by molar-refractivity contribution is 5.99. The molecule has 4 heterocycles. The summed E-state index contributed by atoms with van der Waals surface area (Å²) in [5, 5.41) is 6.98. The molecule has 1 amide bonds. The summed E-state index contributed by atoms with van der Waals surface area (Å²) in [5.74, 6) is 0.462. The largest absolute Gasteiger partial charge is 0.367 e. The zero-order valence-corrected chi connectivity index (χ0v) is 14.6. The van der Waals surface area contributed by atoms with E-state index in [-0.39, 0.29) is 5.91 Å². The van der Waals surface area contributed by atoms with Crippen LogP contribution in [0.2, 0.25) is 0 Å². The number of aromatic nitrogens is 5. The standard InChI is InChI=1S/C18H20N6O2/c1-18(5-2-3-8-26-18)17-21-10-13(11-22-17)9-20-16(25)14-12-23-24-7-4-6-19-15(14)24/h4,6-7,10-12H,2-3,5,8-9H2,1H3,(H,20,25)/t18-/m1/s1. The van der Waals surface area contributed by atoms with Gasteiger partial charge in [-0.15, -0.1) is 0 Å². The number of hydrogen-bond acceptors (Lipinski definition) is 6. The molecule has 26 heavy (non-hydrogen) atoms. The predicted molar refractivity (Wildman–Crippen MR) is 93.3 cm³/mol. The van der Waals surface area contributed by atoms with Gasteiger partial charge < -0.3 is 10.1 Å². The third kappa shape index (κ3) is 3.15. The Kier molecular flexibility index (Phi) is 4.34. The van der Waals surface area contributed by atoms with Crippen LogP contribution in [0.15, 0.2) is 37.1 Å². The number of hydrogen-bond donors (Lipinski definition) is 1. The van der Waals surface area contributed by atoms with Gasteiger partial charge in [0.15, 0.2) is 11.5 Å². The summed E-state index contributed by atoms with van der Waals surface area (Å²) in [7, 11) is 0. The summed E-state index contributed by atoms with van der Waals surface area (Å²) in [5.41, 5.74) is 1.37. The number of rotatable bonds is 4. The maximum Gasteiger partial charge on any atom is 0.257 e. The summed E-state index contributed by atoms with van der Waals surface area (Å²) in [4.78, 5) is 25.5. The molecular formula is C18H20N6O2. The van der Waals surface area contributed by atoms with Gasteiger partial charge in [0.1, 0.15) is 11.2 Å². The third-order valence-corrected chi connectivity index (χ3v) is 4.62. The van der Waals surface area contributed by atoms with Crippen LogP contribution in [0.25, 0.3) is 5.65 Å². The van der Waals surface area contributed by atoms with Crippen LogP contribution < -0.4 is 5.32 Å². The van der Waals surface area contributed by atoms with Gasteiger partial charge in [-0.1, -0.05) is 0 Å². The van der Waals surface area contributed by atoms with Crippen molar-refractivity contribution in [3.63, 3.8) is 0 Å². The average molecular weight is 352 g/mol. The van der Waals surface area contributed by atoms with E-state index in [9.17, 15) is 4.79 Å². The molecule has 1 aliphatic heterocycles. The molecule has 0 aliphatic carbocycles. The number of ether oxygens (including phenoxy) is 1. The van der Waals surface area contributed by atoms with Crippen molar-refractivity contribution in [1.82, 2.24) is 29.9 Å². The number of carbonyl (C=O) groups is 1. The predicted octanol–water partition coefficient (Wildman–Crippen LogP) is 1.86. The zero-order chi connectivity index (χ0) is 18.0. The Bertz CT molecular complexity index is 915. The average Bonchev–Trinajstić information content (AvgIpc) is 3.11. The van der Waals surface area contributed by atoms with Crippen molar-refractivity contribution >= 4 is 11.6 Å². The molecule has 0 radical (unpaired) electrons. The lowest BCUT2D eigenvalue weighted by Gasteiger charge is -2.32. The summed E-state index contributed by atoms with van der Waals surface area (Å²) < 4.78 is 7.44. The molecule has 3 aromatic heterocycles. The Morgan fingerprint density at radius 2 is 2.12 bits per heavy atom. The first-order valence-corrected chi connectivity index (χ1v) is 8.68. The Balaban J connectivity index is 1.42.